The molecular formula is C20H34N2OS. The smallest absolute Gasteiger partial charge is 0.170 e. The van der Waals surface area contributed by atoms with Gasteiger partial charge in [0.1, 0.15) is 5.75 Å². The van der Waals surface area contributed by atoms with Crippen LogP contribution in [0.5, 0.6) is 5.75 Å². The Balaban J connectivity index is 1.96. The molecule has 0 saturated carbocycles. The lowest BCUT2D eigenvalue weighted by atomic mass is 10.1. The standard InChI is InChI=1S/C20H34N2OS/c1-3-4-5-6-7-8-9-10-11-12-16-21-20(24)22-18-14-13-15-19(17-18)23-2/h13-15,17H,3-12,16H2,1-2H3,(H2,21,22,24). The van der Waals surface area contributed by atoms with Crippen LogP contribution in [-0.4, -0.2) is 18.8 Å². The third kappa shape index (κ3) is 10.5. The third-order valence-corrected chi connectivity index (χ3v) is 4.39. The van der Waals surface area contributed by atoms with Crippen LogP contribution in [0, 0.1) is 0 Å². The highest BCUT2D eigenvalue weighted by molar-refractivity contribution is 7.80. The first-order valence-electron chi connectivity index (χ1n) is 9.45. The summed E-state index contributed by atoms with van der Waals surface area (Å²) >= 11 is 5.32. The number of nitrogens with one attached hydrogen (secondary N) is 2. The number of benzene rings is 1. The summed E-state index contributed by atoms with van der Waals surface area (Å²) in [5.41, 5.74) is 0.954. The number of thiocarbonyl (C=S) groups is 1. The van der Waals surface area contributed by atoms with Gasteiger partial charge in [-0.05, 0) is 30.8 Å². The van der Waals surface area contributed by atoms with Crippen molar-refractivity contribution in [3.63, 3.8) is 0 Å². The van der Waals surface area contributed by atoms with Gasteiger partial charge in [0.25, 0.3) is 0 Å². The van der Waals surface area contributed by atoms with E-state index >= 15 is 0 Å². The molecule has 0 aliphatic heterocycles. The summed E-state index contributed by atoms with van der Waals surface area (Å²) in [5.74, 6) is 0.831. The van der Waals surface area contributed by atoms with E-state index in [1.165, 1.54) is 64.2 Å². The molecule has 0 bridgehead atoms. The molecule has 3 nitrogen and oxygen atoms in total. The minimum Gasteiger partial charge on any atom is -0.497 e. The van der Waals surface area contributed by atoms with E-state index in [9.17, 15) is 0 Å². The van der Waals surface area contributed by atoms with Gasteiger partial charge < -0.3 is 15.4 Å². The highest BCUT2D eigenvalue weighted by Crippen LogP contribution is 2.16. The molecule has 1 aromatic rings. The summed E-state index contributed by atoms with van der Waals surface area (Å²) in [6.45, 7) is 3.21. The predicted octanol–water partition coefficient (Wildman–Crippen LogP) is 5.90. The van der Waals surface area contributed by atoms with Crippen LogP contribution in [-0.2, 0) is 0 Å². The number of ether oxygens (including phenoxy) is 1. The summed E-state index contributed by atoms with van der Waals surface area (Å²) in [5, 5.41) is 7.15. The minimum absolute atomic E-state index is 0.680. The van der Waals surface area contributed by atoms with Crippen LogP contribution < -0.4 is 15.4 Å². The molecule has 136 valence electrons. The quantitative estimate of drug-likeness (QED) is 0.343. The van der Waals surface area contributed by atoms with Gasteiger partial charge in [-0.1, -0.05) is 70.8 Å². The number of rotatable bonds is 13. The molecule has 0 atom stereocenters. The van der Waals surface area contributed by atoms with Gasteiger partial charge in [0.05, 0.1) is 7.11 Å². The normalized spacial score (nSPS) is 10.4. The second-order valence-electron chi connectivity index (χ2n) is 6.29. The molecule has 1 aromatic carbocycles. The maximum Gasteiger partial charge on any atom is 0.170 e. The molecule has 0 amide bonds. The van der Waals surface area contributed by atoms with Crippen LogP contribution in [0.4, 0.5) is 5.69 Å². The molecule has 0 radical (unpaired) electrons. The molecule has 0 unspecified atom stereocenters. The predicted molar refractivity (Wildman–Crippen MR) is 109 cm³/mol. The average Bonchev–Trinajstić information content (AvgIpc) is 2.60. The molecular weight excluding hydrogens is 316 g/mol. The lowest BCUT2D eigenvalue weighted by molar-refractivity contribution is 0.415. The Morgan fingerprint density at radius 1 is 0.958 bits per heavy atom. The summed E-state index contributed by atoms with van der Waals surface area (Å²) in [7, 11) is 1.67. The molecule has 0 aliphatic carbocycles. The summed E-state index contributed by atoms with van der Waals surface area (Å²) in [6, 6.07) is 7.79. The zero-order valence-corrected chi connectivity index (χ0v) is 16.2. The van der Waals surface area contributed by atoms with Gasteiger partial charge in [-0.2, -0.15) is 0 Å². The van der Waals surface area contributed by atoms with Crippen LogP contribution in [0.2, 0.25) is 0 Å². The Bertz CT molecular complexity index is 451. The van der Waals surface area contributed by atoms with Crippen molar-refractivity contribution in [2.45, 2.75) is 71.1 Å². The van der Waals surface area contributed by atoms with E-state index < -0.39 is 0 Å². The molecule has 2 N–H and O–H groups in total. The van der Waals surface area contributed by atoms with Crippen LogP contribution >= 0.6 is 12.2 Å². The van der Waals surface area contributed by atoms with E-state index in [2.05, 4.69) is 17.6 Å². The second kappa shape index (κ2) is 14.1. The van der Waals surface area contributed by atoms with Crippen molar-refractivity contribution < 1.29 is 4.74 Å². The highest BCUT2D eigenvalue weighted by atomic mass is 32.1. The van der Waals surface area contributed by atoms with Crippen molar-refractivity contribution in [1.29, 1.82) is 0 Å². The Labute approximate surface area is 153 Å². The van der Waals surface area contributed by atoms with E-state index in [4.69, 9.17) is 17.0 Å². The molecule has 0 spiro atoms. The summed E-state index contributed by atoms with van der Waals surface area (Å²) in [4.78, 5) is 0. The van der Waals surface area contributed by atoms with Crippen molar-refractivity contribution in [1.82, 2.24) is 5.32 Å². The number of unbranched alkanes of at least 4 members (excludes halogenated alkanes) is 9. The molecule has 0 heterocycles. The van der Waals surface area contributed by atoms with Gasteiger partial charge in [0, 0.05) is 18.3 Å². The van der Waals surface area contributed by atoms with Crippen LogP contribution in [0.15, 0.2) is 24.3 Å². The topological polar surface area (TPSA) is 33.3 Å². The Kier molecular flexibility index (Phi) is 12.2. The van der Waals surface area contributed by atoms with Gasteiger partial charge in [-0.25, -0.2) is 0 Å². The van der Waals surface area contributed by atoms with E-state index in [0.717, 1.165) is 18.0 Å². The van der Waals surface area contributed by atoms with Crippen molar-refractivity contribution in [3.05, 3.63) is 24.3 Å². The van der Waals surface area contributed by atoms with Crippen molar-refractivity contribution in [2.24, 2.45) is 0 Å². The number of hydrogen-bond donors (Lipinski definition) is 2. The highest BCUT2D eigenvalue weighted by Gasteiger charge is 1.99. The molecule has 1 rings (SSSR count). The molecule has 4 heteroatoms. The number of anilines is 1. The van der Waals surface area contributed by atoms with E-state index in [1.807, 2.05) is 24.3 Å². The van der Waals surface area contributed by atoms with E-state index in [0.29, 0.717) is 5.11 Å². The number of hydrogen-bond acceptors (Lipinski definition) is 2. The zero-order valence-electron chi connectivity index (χ0n) is 15.4. The fraction of sp³-hybridized carbons (Fsp3) is 0.650. The monoisotopic (exact) mass is 350 g/mol. The van der Waals surface area contributed by atoms with Gasteiger partial charge in [0.15, 0.2) is 5.11 Å². The fourth-order valence-electron chi connectivity index (χ4n) is 2.69. The van der Waals surface area contributed by atoms with Gasteiger partial charge >= 0.3 is 0 Å². The average molecular weight is 351 g/mol. The zero-order chi connectivity index (χ0) is 17.5. The summed E-state index contributed by atoms with van der Waals surface area (Å²) < 4.78 is 5.21. The summed E-state index contributed by atoms with van der Waals surface area (Å²) in [6.07, 6.45) is 13.5. The molecule has 0 aromatic heterocycles. The lowest BCUT2D eigenvalue weighted by Crippen LogP contribution is -2.29. The molecule has 0 aliphatic rings. The first-order valence-corrected chi connectivity index (χ1v) is 9.86. The second-order valence-corrected chi connectivity index (χ2v) is 6.70. The molecule has 0 fully saturated rings. The SMILES string of the molecule is CCCCCCCCCCCCNC(=S)Nc1cccc(OC)c1. The fourth-order valence-corrected chi connectivity index (χ4v) is 2.91. The lowest BCUT2D eigenvalue weighted by Gasteiger charge is -2.11. The van der Waals surface area contributed by atoms with Crippen molar-refractivity contribution in [3.8, 4) is 5.75 Å². The van der Waals surface area contributed by atoms with Crippen molar-refractivity contribution >= 4 is 23.0 Å². The first-order chi connectivity index (χ1) is 11.8. The minimum atomic E-state index is 0.680. The molecule has 0 saturated heterocycles. The Morgan fingerprint density at radius 2 is 1.58 bits per heavy atom. The maximum absolute atomic E-state index is 5.32. The maximum atomic E-state index is 5.32. The first kappa shape index (κ1) is 20.8. The third-order valence-electron chi connectivity index (χ3n) is 4.14. The van der Waals surface area contributed by atoms with E-state index in [-0.39, 0.29) is 0 Å². The Hall–Kier alpha value is -1.29. The van der Waals surface area contributed by atoms with Crippen LogP contribution in [0.25, 0.3) is 0 Å². The van der Waals surface area contributed by atoms with Gasteiger partial charge in [0.2, 0.25) is 0 Å². The van der Waals surface area contributed by atoms with Gasteiger partial charge in [-0.3, -0.25) is 0 Å². The van der Waals surface area contributed by atoms with E-state index in [1.54, 1.807) is 7.11 Å². The van der Waals surface area contributed by atoms with Crippen LogP contribution in [0.1, 0.15) is 71.1 Å². The van der Waals surface area contributed by atoms with Gasteiger partial charge in [-0.15, -0.1) is 0 Å². The van der Waals surface area contributed by atoms with Crippen molar-refractivity contribution in [2.75, 3.05) is 19.0 Å². The Morgan fingerprint density at radius 3 is 2.21 bits per heavy atom. The molecule has 24 heavy (non-hydrogen) atoms. The number of methoxy groups -OCH3 is 1. The largest absolute Gasteiger partial charge is 0.497 e. The van der Waals surface area contributed by atoms with Crippen LogP contribution in [0.3, 0.4) is 0 Å².